The van der Waals surface area contributed by atoms with Gasteiger partial charge in [0, 0.05) is 4.88 Å². The smallest absolute Gasteiger partial charge is 0.266 e. The summed E-state index contributed by atoms with van der Waals surface area (Å²) < 4.78 is 0. The molecule has 1 aliphatic rings. The monoisotopic (exact) mass is 326 g/mol. The molecule has 1 N–H and O–H groups in total. The summed E-state index contributed by atoms with van der Waals surface area (Å²) in [6.07, 6.45) is 6.12. The Morgan fingerprint density at radius 1 is 1.39 bits per heavy atom. The minimum Gasteiger partial charge on any atom is -0.266 e. The van der Waals surface area contributed by atoms with Crippen molar-refractivity contribution in [1.29, 1.82) is 0 Å². The van der Waals surface area contributed by atoms with Crippen molar-refractivity contribution in [3.05, 3.63) is 56.8 Å². The first kappa shape index (κ1) is 15.9. The first-order valence-electron chi connectivity index (χ1n) is 8.19. The van der Waals surface area contributed by atoms with Crippen molar-refractivity contribution in [2.45, 2.75) is 39.5 Å². The van der Waals surface area contributed by atoms with Crippen LogP contribution in [0.2, 0.25) is 0 Å². The first-order chi connectivity index (χ1) is 11.2. The number of hydrogen-bond acceptors (Lipinski definition) is 3. The van der Waals surface area contributed by atoms with E-state index < -0.39 is 0 Å². The zero-order valence-corrected chi connectivity index (χ0v) is 14.5. The second-order valence-electron chi connectivity index (χ2n) is 6.20. The molecule has 1 aromatic carbocycles. The summed E-state index contributed by atoms with van der Waals surface area (Å²) in [6, 6.07) is 10.2. The van der Waals surface area contributed by atoms with E-state index in [0.29, 0.717) is 0 Å². The van der Waals surface area contributed by atoms with E-state index in [-0.39, 0.29) is 5.91 Å². The highest BCUT2D eigenvalue weighted by Gasteiger charge is 2.20. The Morgan fingerprint density at radius 2 is 2.17 bits per heavy atom. The Labute approximate surface area is 141 Å². The third kappa shape index (κ3) is 3.88. The van der Waals surface area contributed by atoms with E-state index in [9.17, 15) is 4.79 Å². The number of hydrogen-bond donors (Lipinski definition) is 1. The van der Waals surface area contributed by atoms with Gasteiger partial charge in [-0.2, -0.15) is 5.10 Å². The van der Waals surface area contributed by atoms with E-state index in [1.807, 2.05) is 18.2 Å². The highest BCUT2D eigenvalue weighted by molar-refractivity contribution is 7.14. The molecule has 0 saturated carbocycles. The molecule has 1 aromatic heterocycles. The van der Waals surface area contributed by atoms with Gasteiger partial charge in [-0.1, -0.05) is 38.1 Å². The van der Waals surface area contributed by atoms with Crippen molar-refractivity contribution in [1.82, 2.24) is 5.43 Å². The highest BCUT2D eigenvalue weighted by atomic mass is 32.1. The van der Waals surface area contributed by atoms with E-state index in [1.165, 1.54) is 22.4 Å². The molecule has 0 bridgehead atoms. The van der Waals surface area contributed by atoms with E-state index in [2.05, 4.69) is 36.5 Å². The number of aryl methyl sites for hydroxylation is 2. The van der Waals surface area contributed by atoms with E-state index in [1.54, 1.807) is 17.6 Å². The number of fused-ring (bicyclic) bond motifs is 1. The Bertz CT molecular complexity index is 715. The molecule has 0 unspecified atom stereocenters. The standard InChI is InChI=1S/C19H22N2OS/c1-3-14-5-7-15(8-6-14)12-20-21-19(22)18-11-16-10-13(2)4-9-17(16)23-18/h5-8,11-13H,3-4,9-10H2,1-2H3,(H,21,22)/b20-12-/t13-/m1/s1. The summed E-state index contributed by atoms with van der Waals surface area (Å²) in [5, 5.41) is 4.08. The largest absolute Gasteiger partial charge is 0.281 e. The average molecular weight is 326 g/mol. The molecule has 4 heteroatoms. The Balaban J connectivity index is 1.61. The Kier molecular flexibility index (Phi) is 4.91. The predicted octanol–water partition coefficient (Wildman–Crippen LogP) is 4.20. The summed E-state index contributed by atoms with van der Waals surface area (Å²) in [7, 11) is 0. The molecule has 0 fully saturated rings. The van der Waals surface area contributed by atoms with Crippen LogP contribution in [0.25, 0.3) is 0 Å². The fourth-order valence-corrected chi connectivity index (χ4v) is 3.98. The van der Waals surface area contributed by atoms with Gasteiger partial charge < -0.3 is 0 Å². The van der Waals surface area contributed by atoms with E-state index >= 15 is 0 Å². The molecule has 1 heterocycles. The molecule has 1 amide bonds. The molecule has 120 valence electrons. The van der Waals surface area contributed by atoms with Crippen LogP contribution in [0.15, 0.2) is 35.4 Å². The van der Waals surface area contributed by atoms with Crippen LogP contribution in [-0.4, -0.2) is 12.1 Å². The van der Waals surface area contributed by atoms with Crippen LogP contribution in [0.1, 0.15) is 51.5 Å². The lowest BCUT2D eigenvalue weighted by molar-refractivity contribution is 0.0959. The highest BCUT2D eigenvalue weighted by Crippen LogP contribution is 2.32. The molecule has 1 aliphatic carbocycles. The third-order valence-electron chi connectivity index (χ3n) is 4.32. The SMILES string of the molecule is CCc1ccc(/C=N\NC(=O)c2cc3c(s2)CC[C@@H](C)C3)cc1. The minimum atomic E-state index is -0.113. The third-order valence-corrected chi connectivity index (χ3v) is 5.56. The number of benzene rings is 1. The molecule has 3 nitrogen and oxygen atoms in total. The lowest BCUT2D eigenvalue weighted by Crippen LogP contribution is -2.16. The van der Waals surface area contributed by atoms with Crippen molar-refractivity contribution < 1.29 is 4.79 Å². The predicted molar refractivity (Wildman–Crippen MR) is 96.4 cm³/mol. The molecule has 3 rings (SSSR count). The minimum absolute atomic E-state index is 0.113. The van der Waals surface area contributed by atoms with Crippen LogP contribution in [-0.2, 0) is 19.3 Å². The molecule has 2 aromatic rings. The van der Waals surface area contributed by atoms with Gasteiger partial charge in [0.1, 0.15) is 0 Å². The van der Waals surface area contributed by atoms with Crippen LogP contribution in [0, 0.1) is 5.92 Å². The maximum absolute atomic E-state index is 12.2. The van der Waals surface area contributed by atoms with Crippen LogP contribution >= 0.6 is 11.3 Å². The lowest BCUT2D eigenvalue weighted by Gasteiger charge is -2.16. The number of nitrogens with zero attached hydrogens (tertiary/aromatic N) is 1. The quantitative estimate of drug-likeness (QED) is 0.664. The molecular weight excluding hydrogens is 304 g/mol. The number of hydrazone groups is 1. The molecule has 0 radical (unpaired) electrons. The van der Waals surface area contributed by atoms with Crippen molar-refractivity contribution in [3.63, 3.8) is 0 Å². The second kappa shape index (κ2) is 7.09. The van der Waals surface area contributed by atoms with Gasteiger partial charge in [0.25, 0.3) is 5.91 Å². The number of carbonyl (C=O) groups is 1. The van der Waals surface area contributed by atoms with Crippen molar-refractivity contribution in [3.8, 4) is 0 Å². The number of amides is 1. The number of carbonyl (C=O) groups excluding carboxylic acids is 1. The van der Waals surface area contributed by atoms with Gasteiger partial charge in [-0.15, -0.1) is 11.3 Å². The zero-order valence-electron chi connectivity index (χ0n) is 13.6. The molecule has 0 spiro atoms. The molecule has 23 heavy (non-hydrogen) atoms. The van der Waals surface area contributed by atoms with Gasteiger partial charge in [0.2, 0.25) is 0 Å². The summed E-state index contributed by atoms with van der Waals surface area (Å²) in [5.74, 6) is 0.607. The molecule has 0 saturated heterocycles. The fourth-order valence-electron chi connectivity index (χ4n) is 2.88. The number of nitrogens with one attached hydrogen (secondary N) is 1. The summed E-state index contributed by atoms with van der Waals surface area (Å²) in [4.78, 5) is 14.4. The van der Waals surface area contributed by atoms with Gasteiger partial charge in [-0.05, 0) is 54.4 Å². The van der Waals surface area contributed by atoms with Gasteiger partial charge in [0.05, 0.1) is 11.1 Å². The van der Waals surface area contributed by atoms with Crippen LogP contribution < -0.4 is 5.43 Å². The first-order valence-corrected chi connectivity index (χ1v) is 9.01. The number of rotatable bonds is 4. The van der Waals surface area contributed by atoms with E-state index in [0.717, 1.165) is 35.6 Å². The fraction of sp³-hybridized carbons (Fsp3) is 0.368. The van der Waals surface area contributed by atoms with Gasteiger partial charge in [-0.3, -0.25) is 4.79 Å². The average Bonchev–Trinajstić information content (AvgIpc) is 2.98. The molecule has 0 aliphatic heterocycles. The normalized spacial score (nSPS) is 17.2. The van der Waals surface area contributed by atoms with Crippen molar-refractivity contribution in [2.75, 3.05) is 0 Å². The number of thiophene rings is 1. The summed E-state index contributed by atoms with van der Waals surface area (Å²) in [5.41, 5.74) is 6.27. The summed E-state index contributed by atoms with van der Waals surface area (Å²) in [6.45, 7) is 4.40. The second-order valence-corrected chi connectivity index (χ2v) is 7.34. The summed E-state index contributed by atoms with van der Waals surface area (Å²) >= 11 is 1.61. The maximum Gasteiger partial charge on any atom is 0.281 e. The van der Waals surface area contributed by atoms with Crippen LogP contribution in [0.3, 0.4) is 0 Å². The van der Waals surface area contributed by atoms with Gasteiger partial charge in [0.15, 0.2) is 0 Å². The zero-order chi connectivity index (χ0) is 16.2. The Hall–Kier alpha value is -1.94. The molecule has 1 atom stereocenters. The van der Waals surface area contributed by atoms with Crippen molar-refractivity contribution >= 4 is 23.5 Å². The lowest BCUT2D eigenvalue weighted by atomic mass is 9.90. The maximum atomic E-state index is 12.2. The molecular formula is C19H22N2OS. The van der Waals surface area contributed by atoms with Crippen molar-refractivity contribution in [2.24, 2.45) is 11.0 Å². The van der Waals surface area contributed by atoms with Gasteiger partial charge in [-0.25, -0.2) is 5.43 Å². The van der Waals surface area contributed by atoms with Crippen LogP contribution in [0.4, 0.5) is 0 Å². The Morgan fingerprint density at radius 3 is 2.91 bits per heavy atom. The van der Waals surface area contributed by atoms with E-state index in [4.69, 9.17) is 0 Å². The van der Waals surface area contributed by atoms with Crippen LogP contribution in [0.5, 0.6) is 0 Å². The topological polar surface area (TPSA) is 41.5 Å². The van der Waals surface area contributed by atoms with Gasteiger partial charge >= 0.3 is 0 Å².